The number of hydrogen-bond acceptors (Lipinski definition) is 3. The lowest BCUT2D eigenvalue weighted by Crippen LogP contribution is -2.51. The van der Waals surface area contributed by atoms with E-state index in [1.165, 1.54) is 32.4 Å². The molecule has 0 aromatic rings. The maximum atomic E-state index is 5.71. The van der Waals surface area contributed by atoms with Crippen LogP contribution in [-0.2, 0) is 4.74 Å². The third-order valence-electron chi connectivity index (χ3n) is 3.80. The van der Waals surface area contributed by atoms with Gasteiger partial charge in [0.25, 0.3) is 0 Å². The summed E-state index contributed by atoms with van der Waals surface area (Å²) in [5.74, 6) is 0.716. The molecule has 2 aliphatic rings. The van der Waals surface area contributed by atoms with Crippen molar-refractivity contribution < 1.29 is 4.74 Å². The molecule has 0 aromatic heterocycles. The van der Waals surface area contributed by atoms with Crippen molar-refractivity contribution in [1.82, 2.24) is 4.90 Å². The third-order valence-corrected chi connectivity index (χ3v) is 3.80. The van der Waals surface area contributed by atoms with Crippen LogP contribution in [0.3, 0.4) is 0 Å². The normalized spacial score (nSPS) is 40.3. The van der Waals surface area contributed by atoms with Crippen LogP contribution in [0.25, 0.3) is 0 Å². The van der Waals surface area contributed by atoms with Gasteiger partial charge in [0.05, 0.1) is 6.61 Å². The second kappa shape index (κ2) is 4.17. The summed E-state index contributed by atoms with van der Waals surface area (Å²) < 4.78 is 5.59. The quantitative estimate of drug-likeness (QED) is 0.714. The minimum absolute atomic E-state index is 0.294. The lowest BCUT2D eigenvalue weighted by Gasteiger charge is -2.41. The van der Waals surface area contributed by atoms with Crippen LogP contribution in [0.5, 0.6) is 0 Å². The zero-order valence-electron chi connectivity index (χ0n) is 9.17. The molecular weight excluding hydrogens is 176 g/mol. The van der Waals surface area contributed by atoms with E-state index in [1.807, 2.05) is 0 Å². The number of nitrogens with zero attached hydrogens (tertiary/aromatic N) is 1. The highest BCUT2D eigenvalue weighted by Crippen LogP contribution is 2.30. The summed E-state index contributed by atoms with van der Waals surface area (Å²) in [6.07, 6.45) is 3.76. The van der Waals surface area contributed by atoms with Crippen molar-refractivity contribution in [2.45, 2.75) is 31.7 Å². The van der Waals surface area contributed by atoms with Crippen LogP contribution in [-0.4, -0.2) is 43.3 Å². The highest BCUT2D eigenvalue weighted by atomic mass is 16.5. The first-order chi connectivity index (χ1) is 6.74. The Morgan fingerprint density at radius 3 is 3.00 bits per heavy atom. The molecule has 2 fully saturated rings. The van der Waals surface area contributed by atoms with Crippen LogP contribution in [0.4, 0.5) is 0 Å². The molecule has 3 heteroatoms. The lowest BCUT2D eigenvalue weighted by atomic mass is 9.93. The standard InChI is InChI=1S/C11H22N2O/c1-11(4-2-6-14-9-11)13-5-3-10(7-12)8-13/h10H,2-9,12H2,1H3. The van der Waals surface area contributed by atoms with Crippen LogP contribution >= 0.6 is 0 Å². The summed E-state index contributed by atoms with van der Waals surface area (Å²) >= 11 is 0. The molecule has 2 rings (SSSR count). The minimum Gasteiger partial charge on any atom is -0.380 e. The van der Waals surface area contributed by atoms with Gasteiger partial charge in [0.1, 0.15) is 0 Å². The Morgan fingerprint density at radius 1 is 1.57 bits per heavy atom. The fraction of sp³-hybridized carbons (Fsp3) is 1.00. The molecule has 2 unspecified atom stereocenters. The molecule has 0 spiro atoms. The highest BCUT2D eigenvalue weighted by molar-refractivity contribution is 4.92. The molecule has 82 valence electrons. The molecule has 2 aliphatic heterocycles. The minimum atomic E-state index is 0.294. The van der Waals surface area contributed by atoms with Crippen molar-refractivity contribution in [2.24, 2.45) is 11.7 Å². The molecule has 3 nitrogen and oxygen atoms in total. The van der Waals surface area contributed by atoms with Crippen molar-refractivity contribution in [3.8, 4) is 0 Å². The van der Waals surface area contributed by atoms with E-state index in [0.29, 0.717) is 11.5 Å². The molecule has 0 bridgehead atoms. The molecule has 0 saturated carbocycles. The van der Waals surface area contributed by atoms with Crippen molar-refractivity contribution in [2.75, 3.05) is 32.8 Å². The van der Waals surface area contributed by atoms with Crippen LogP contribution in [0.15, 0.2) is 0 Å². The van der Waals surface area contributed by atoms with Gasteiger partial charge >= 0.3 is 0 Å². The van der Waals surface area contributed by atoms with Gasteiger partial charge in [0.15, 0.2) is 0 Å². The van der Waals surface area contributed by atoms with E-state index in [2.05, 4.69) is 11.8 Å². The SMILES string of the molecule is CC1(N2CCC(CN)C2)CCCOC1. The maximum Gasteiger partial charge on any atom is 0.0647 e. The molecular formula is C11H22N2O. The van der Waals surface area contributed by atoms with Gasteiger partial charge in [0.2, 0.25) is 0 Å². The van der Waals surface area contributed by atoms with E-state index in [4.69, 9.17) is 10.5 Å². The Bertz CT molecular complexity index is 190. The Labute approximate surface area is 86.6 Å². The average molecular weight is 198 g/mol. The van der Waals surface area contributed by atoms with E-state index < -0.39 is 0 Å². The van der Waals surface area contributed by atoms with Gasteiger partial charge in [-0.2, -0.15) is 0 Å². The summed E-state index contributed by atoms with van der Waals surface area (Å²) in [7, 11) is 0. The van der Waals surface area contributed by atoms with Crippen LogP contribution in [0, 0.1) is 5.92 Å². The number of ether oxygens (including phenoxy) is 1. The van der Waals surface area contributed by atoms with Gasteiger partial charge in [-0.25, -0.2) is 0 Å². The van der Waals surface area contributed by atoms with Crippen LogP contribution in [0.2, 0.25) is 0 Å². The van der Waals surface area contributed by atoms with Crippen molar-refractivity contribution in [3.05, 3.63) is 0 Å². The van der Waals surface area contributed by atoms with Gasteiger partial charge in [-0.05, 0) is 45.2 Å². The zero-order chi connectivity index (χ0) is 10.0. The number of hydrogen-bond donors (Lipinski definition) is 1. The molecule has 14 heavy (non-hydrogen) atoms. The molecule has 2 atom stereocenters. The Morgan fingerprint density at radius 2 is 2.43 bits per heavy atom. The fourth-order valence-corrected chi connectivity index (χ4v) is 2.68. The summed E-state index contributed by atoms with van der Waals surface area (Å²) in [6, 6.07) is 0. The zero-order valence-corrected chi connectivity index (χ0v) is 9.17. The van der Waals surface area contributed by atoms with E-state index in [1.54, 1.807) is 0 Å². The second-order valence-electron chi connectivity index (χ2n) is 4.99. The summed E-state index contributed by atoms with van der Waals surface area (Å²) in [4.78, 5) is 2.59. The average Bonchev–Trinajstić information content (AvgIpc) is 2.67. The molecule has 2 N–H and O–H groups in total. The lowest BCUT2D eigenvalue weighted by molar-refractivity contribution is -0.0313. The number of rotatable bonds is 2. The second-order valence-corrected chi connectivity index (χ2v) is 4.99. The van der Waals surface area contributed by atoms with Crippen LogP contribution < -0.4 is 5.73 Å². The fourth-order valence-electron chi connectivity index (χ4n) is 2.68. The van der Waals surface area contributed by atoms with Gasteiger partial charge in [-0.15, -0.1) is 0 Å². The molecule has 0 aromatic carbocycles. The Balaban J connectivity index is 1.93. The van der Waals surface area contributed by atoms with Crippen molar-refractivity contribution in [3.63, 3.8) is 0 Å². The number of likely N-dealkylation sites (tertiary alicyclic amines) is 1. The monoisotopic (exact) mass is 198 g/mol. The van der Waals surface area contributed by atoms with Gasteiger partial charge in [-0.1, -0.05) is 0 Å². The van der Waals surface area contributed by atoms with E-state index in [9.17, 15) is 0 Å². The number of nitrogens with two attached hydrogens (primary N) is 1. The molecule has 0 amide bonds. The topological polar surface area (TPSA) is 38.5 Å². The van der Waals surface area contributed by atoms with E-state index in [0.717, 1.165) is 19.8 Å². The molecule has 2 saturated heterocycles. The third kappa shape index (κ3) is 1.95. The van der Waals surface area contributed by atoms with Crippen LogP contribution in [0.1, 0.15) is 26.2 Å². The van der Waals surface area contributed by atoms with Crippen molar-refractivity contribution >= 4 is 0 Å². The van der Waals surface area contributed by atoms with Gasteiger partial charge in [0, 0.05) is 18.7 Å². The largest absolute Gasteiger partial charge is 0.380 e. The highest BCUT2D eigenvalue weighted by Gasteiger charge is 2.37. The van der Waals surface area contributed by atoms with E-state index in [-0.39, 0.29) is 0 Å². The van der Waals surface area contributed by atoms with Gasteiger partial charge in [-0.3, -0.25) is 4.90 Å². The molecule has 0 radical (unpaired) electrons. The Hall–Kier alpha value is -0.120. The molecule has 0 aliphatic carbocycles. The van der Waals surface area contributed by atoms with Crippen molar-refractivity contribution in [1.29, 1.82) is 0 Å². The summed E-state index contributed by atoms with van der Waals surface area (Å²) in [6.45, 7) is 7.42. The first kappa shape index (κ1) is 10.4. The molecule has 2 heterocycles. The predicted octanol–water partition coefficient (Wildman–Crippen LogP) is 0.836. The summed E-state index contributed by atoms with van der Waals surface area (Å²) in [5, 5.41) is 0. The first-order valence-electron chi connectivity index (χ1n) is 5.77. The summed E-state index contributed by atoms with van der Waals surface area (Å²) in [5.41, 5.74) is 6.00. The predicted molar refractivity (Wildman–Crippen MR) is 57.2 cm³/mol. The first-order valence-corrected chi connectivity index (χ1v) is 5.77. The van der Waals surface area contributed by atoms with Gasteiger partial charge < -0.3 is 10.5 Å². The Kier molecular flexibility index (Phi) is 3.10. The maximum absolute atomic E-state index is 5.71. The van der Waals surface area contributed by atoms with E-state index >= 15 is 0 Å². The smallest absolute Gasteiger partial charge is 0.0647 e.